The predicted octanol–water partition coefficient (Wildman–Crippen LogP) is 1.58. The molecule has 0 aliphatic carbocycles. The van der Waals surface area contributed by atoms with E-state index in [1.807, 2.05) is 13.8 Å². The molecule has 3 nitrogen and oxygen atoms in total. The molecule has 0 amide bonds. The smallest absolute Gasteiger partial charge is 0.191 e. The summed E-state index contributed by atoms with van der Waals surface area (Å²) in [6.07, 6.45) is 1.09. The van der Waals surface area contributed by atoms with Crippen molar-refractivity contribution < 1.29 is 9.90 Å². The first-order valence-corrected chi connectivity index (χ1v) is 5.11. The molecule has 4 heteroatoms. The van der Waals surface area contributed by atoms with Gasteiger partial charge in [0.25, 0.3) is 0 Å². The van der Waals surface area contributed by atoms with Crippen LogP contribution in [0, 0.1) is 6.92 Å². The molecule has 1 aromatic heterocycles. The largest absolute Gasteiger partial charge is 0.396 e. The molecule has 72 valence electrons. The van der Waals surface area contributed by atoms with Crippen LogP contribution in [0.25, 0.3) is 0 Å². The molecule has 0 radical (unpaired) electrons. The van der Waals surface area contributed by atoms with Gasteiger partial charge < -0.3 is 5.11 Å². The standard InChI is InChI=1S/C9H13NO2S/c1-3-7(12)9-10-6(2)8(13-9)4-5-11/h11H,3-5H2,1-2H3. The summed E-state index contributed by atoms with van der Waals surface area (Å²) in [6, 6.07) is 0. The molecule has 0 bridgehead atoms. The van der Waals surface area contributed by atoms with E-state index >= 15 is 0 Å². The second kappa shape index (κ2) is 4.48. The monoisotopic (exact) mass is 199 g/mol. The number of thiazole rings is 1. The van der Waals surface area contributed by atoms with Gasteiger partial charge in [-0.05, 0) is 6.92 Å². The molecule has 0 aliphatic heterocycles. The topological polar surface area (TPSA) is 50.2 Å². The Kier molecular flexibility index (Phi) is 3.57. The molecule has 0 saturated heterocycles. The minimum atomic E-state index is 0.0808. The van der Waals surface area contributed by atoms with Crippen LogP contribution < -0.4 is 0 Å². The van der Waals surface area contributed by atoms with Crippen molar-refractivity contribution in [2.24, 2.45) is 0 Å². The molecule has 1 rings (SSSR count). The van der Waals surface area contributed by atoms with Crippen molar-refractivity contribution >= 4 is 17.1 Å². The van der Waals surface area contributed by atoms with Gasteiger partial charge in [0.1, 0.15) is 0 Å². The van der Waals surface area contributed by atoms with Gasteiger partial charge in [0.2, 0.25) is 0 Å². The number of rotatable bonds is 4. The minimum Gasteiger partial charge on any atom is -0.396 e. The molecule has 1 aromatic rings. The molecule has 0 fully saturated rings. The average molecular weight is 199 g/mol. The van der Waals surface area contributed by atoms with Crippen LogP contribution in [0.3, 0.4) is 0 Å². The van der Waals surface area contributed by atoms with Crippen LogP contribution in [0.15, 0.2) is 0 Å². The molecule has 1 N–H and O–H groups in total. The third-order valence-electron chi connectivity index (χ3n) is 1.79. The van der Waals surface area contributed by atoms with E-state index in [1.165, 1.54) is 11.3 Å². The molecule has 0 aromatic carbocycles. The van der Waals surface area contributed by atoms with Gasteiger partial charge in [-0.25, -0.2) is 4.98 Å². The molecule has 0 aliphatic rings. The molecule has 0 saturated carbocycles. The SMILES string of the molecule is CCC(=O)c1nc(C)c(CCO)s1. The summed E-state index contributed by atoms with van der Waals surface area (Å²) < 4.78 is 0. The van der Waals surface area contributed by atoms with E-state index in [0.29, 0.717) is 17.8 Å². The number of carbonyl (C=O) groups is 1. The number of hydrogen-bond acceptors (Lipinski definition) is 4. The van der Waals surface area contributed by atoms with Gasteiger partial charge in [0, 0.05) is 24.3 Å². The zero-order chi connectivity index (χ0) is 9.84. The summed E-state index contributed by atoms with van der Waals surface area (Å²) in [5.74, 6) is 0.0808. The first-order chi connectivity index (χ1) is 6.19. The van der Waals surface area contributed by atoms with Gasteiger partial charge in [-0.3, -0.25) is 4.79 Å². The molecule has 13 heavy (non-hydrogen) atoms. The lowest BCUT2D eigenvalue weighted by molar-refractivity contribution is 0.0987. The number of carbonyl (C=O) groups excluding carboxylic acids is 1. The third-order valence-corrected chi connectivity index (χ3v) is 3.05. The lowest BCUT2D eigenvalue weighted by Gasteiger charge is -1.90. The number of aliphatic hydroxyl groups is 1. The Bertz CT molecular complexity index is 307. The number of hydrogen-bond donors (Lipinski definition) is 1. The summed E-state index contributed by atoms with van der Waals surface area (Å²) in [6.45, 7) is 3.81. The van der Waals surface area contributed by atoms with Crippen LogP contribution in [0.1, 0.15) is 33.7 Å². The maximum atomic E-state index is 11.3. The highest BCUT2D eigenvalue weighted by Crippen LogP contribution is 2.19. The van der Waals surface area contributed by atoms with Crippen LogP contribution in [0.5, 0.6) is 0 Å². The van der Waals surface area contributed by atoms with Gasteiger partial charge >= 0.3 is 0 Å². The fraction of sp³-hybridized carbons (Fsp3) is 0.556. The Hall–Kier alpha value is -0.740. The first kappa shape index (κ1) is 10.3. The van der Waals surface area contributed by atoms with E-state index in [1.54, 1.807) is 0 Å². The normalized spacial score (nSPS) is 10.4. The maximum Gasteiger partial charge on any atom is 0.191 e. The molecule has 0 spiro atoms. The summed E-state index contributed by atoms with van der Waals surface area (Å²) in [5, 5.41) is 9.32. The average Bonchev–Trinajstić information content (AvgIpc) is 2.47. The van der Waals surface area contributed by atoms with Crippen LogP contribution in [0.2, 0.25) is 0 Å². The minimum absolute atomic E-state index is 0.0808. The lowest BCUT2D eigenvalue weighted by Crippen LogP contribution is -1.94. The molecule has 0 unspecified atom stereocenters. The van der Waals surface area contributed by atoms with Crippen LogP contribution in [-0.2, 0) is 6.42 Å². The first-order valence-electron chi connectivity index (χ1n) is 4.29. The van der Waals surface area contributed by atoms with Crippen LogP contribution in [0.4, 0.5) is 0 Å². The van der Waals surface area contributed by atoms with Crippen molar-refractivity contribution in [3.05, 3.63) is 15.6 Å². The number of aliphatic hydroxyl groups excluding tert-OH is 1. The van der Waals surface area contributed by atoms with E-state index in [2.05, 4.69) is 4.98 Å². The Balaban J connectivity index is 2.88. The zero-order valence-electron chi connectivity index (χ0n) is 7.83. The molecule has 1 heterocycles. The van der Waals surface area contributed by atoms with Gasteiger partial charge in [-0.15, -0.1) is 11.3 Å². The van der Waals surface area contributed by atoms with Crippen LogP contribution in [-0.4, -0.2) is 22.5 Å². The maximum absolute atomic E-state index is 11.3. The van der Waals surface area contributed by atoms with Crippen molar-refractivity contribution in [1.82, 2.24) is 4.98 Å². The van der Waals surface area contributed by atoms with Crippen molar-refractivity contribution in [2.75, 3.05) is 6.61 Å². The van der Waals surface area contributed by atoms with E-state index < -0.39 is 0 Å². The zero-order valence-corrected chi connectivity index (χ0v) is 8.65. The second-order valence-corrected chi connectivity index (χ2v) is 3.86. The number of aromatic nitrogens is 1. The quantitative estimate of drug-likeness (QED) is 0.749. The highest BCUT2D eigenvalue weighted by molar-refractivity contribution is 7.13. The van der Waals surface area contributed by atoms with Gasteiger partial charge in [-0.2, -0.15) is 0 Å². The van der Waals surface area contributed by atoms with Crippen molar-refractivity contribution in [3.8, 4) is 0 Å². The number of Topliss-reactive ketones (excluding diaryl/α,β-unsaturated/α-hetero) is 1. The van der Waals surface area contributed by atoms with E-state index in [9.17, 15) is 4.79 Å². The summed E-state index contributed by atoms with van der Waals surface area (Å²) in [4.78, 5) is 16.4. The van der Waals surface area contributed by atoms with Crippen molar-refractivity contribution in [3.63, 3.8) is 0 Å². The van der Waals surface area contributed by atoms with Crippen molar-refractivity contribution in [1.29, 1.82) is 0 Å². The van der Waals surface area contributed by atoms with Crippen molar-refractivity contribution in [2.45, 2.75) is 26.7 Å². The predicted molar refractivity (Wildman–Crippen MR) is 52.3 cm³/mol. The van der Waals surface area contributed by atoms with Gasteiger partial charge in [-0.1, -0.05) is 6.92 Å². The highest BCUT2D eigenvalue weighted by atomic mass is 32.1. The fourth-order valence-electron chi connectivity index (χ4n) is 1.03. The van der Waals surface area contributed by atoms with E-state index in [4.69, 9.17) is 5.11 Å². The summed E-state index contributed by atoms with van der Waals surface area (Å²) in [5.41, 5.74) is 0.871. The third kappa shape index (κ3) is 2.35. The lowest BCUT2D eigenvalue weighted by atomic mass is 10.3. The van der Waals surface area contributed by atoms with Crippen LogP contribution >= 0.6 is 11.3 Å². The Morgan fingerprint density at radius 1 is 1.62 bits per heavy atom. The van der Waals surface area contributed by atoms with E-state index in [0.717, 1.165) is 10.6 Å². The van der Waals surface area contributed by atoms with Gasteiger partial charge in [0.15, 0.2) is 10.8 Å². The Morgan fingerprint density at radius 2 is 2.31 bits per heavy atom. The fourth-order valence-corrected chi connectivity index (χ4v) is 2.09. The summed E-state index contributed by atoms with van der Waals surface area (Å²) in [7, 11) is 0. The number of aryl methyl sites for hydroxylation is 1. The second-order valence-electron chi connectivity index (χ2n) is 2.78. The summed E-state index contributed by atoms with van der Waals surface area (Å²) >= 11 is 1.40. The number of ketones is 1. The Labute approximate surface area is 81.4 Å². The van der Waals surface area contributed by atoms with E-state index in [-0.39, 0.29) is 12.4 Å². The number of nitrogens with zero attached hydrogens (tertiary/aromatic N) is 1. The van der Waals surface area contributed by atoms with Gasteiger partial charge in [0.05, 0.1) is 5.69 Å². The highest BCUT2D eigenvalue weighted by Gasteiger charge is 2.11. The molecular weight excluding hydrogens is 186 g/mol. The molecule has 0 atom stereocenters. The molecular formula is C9H13NO2S. The Morgan fingerprint density at radius 3 is 2.85 bits per heavy atom.